The third kappa shape index (κ3) is 3.01. The Kier molecular flexibility index (Phi) is 4.33. The van der Waals surface area contributed by atoms with E-state index in [9.17, 15) is 4.79 Å². The normalized spacial score (nSPS) is 10.5. The molecule has 0 atom stereocenters. The van der Waals surface area contributed by atoms with Crippen molar-refractivity contribution in [2.24, 2.45) is 0 Å². The molecular weight excluding hydrogens is 306 g/mol. The standard InChI is InChI=1S/C19H17NO4/c1-12(21)19-20-17(13-4-8-15(22-2)9-5-13)18(24-19)14-6-10-16(23-3)11-7-14/h4-11H,1-3H3. The molecule has 1 heterocycles. The van der Waals surface area contributed by atoms with Crippen molar-refractivity contribution in [3.63, 3.8) is 0 Å². The number of hydrogen-bond acceptors (Lipinski definition) is 5. The van der Waals surface area contributed by atoms with Gasteiger partial charge in [-0.15, -0.1) is 0 Å². The van der Waals surface area contributed by atoms with Crippen LogP contribution in [0, 0.1) is 0 Å². The Morgan fingerprint density at radius 2 is 1.38 bits per heavy atom. The van der Waals surface area contributed by atoms with Crippen LogP contribution in [0.5, 0.6) is 11.5 Å². The highest BCUT2D eigenvalue weighted by Crippen LogP contribution is 2.34. The minimum atomic E-state index is -0.218. The Morgan fingerprint density at radius 1 is 0.875 bits per heavy atom. The Bertz CT molecular complexity index is 783. The lowest BCUT2D eigenvalue weighted by Crippen LogP contribution is -1.91. The predicted octanol–water partition coefficient (Wildman–Crippen LogP) is 4.23. The molecule has 0 bridgehead atoms. The third-order valence-electron chi connectivity index (χ3n) is 3.64. The SMILES string of the molecule is COc1ccc(-c2nc(C(C)=O)oc2-c2ccc(OC)cc2)cc1. The van der Waals surface area contributed by atoms with E-state index in [-0.39, 0.29) is 11.7 Å². The number of ketones is 1. The van der Waals surface area contributed by atoms with Gasteiger partial charge in [-0.1, -0.05) is 0 Å². The molecule has 0 amide bonds. The fourth-order valence-corrected chi connectivity index (χ4v) is 2.35. The third-order valence-corrected chi connectivity index (χ3v) is 3.64. The van der Waals surface area contributed by atoms with E-state index in [2.05, 4.69) is 4.98 Å². The number of benzene rings is 2. The summed E-state index contributed by atoms with van der Waals surface area (Å²) in [6.45, 7) is 1.43. The van der Waals surface area contributed by atoms with Crippen molar-refractivity contribution in [1.82, 2.24) is 4.98 Å². The molecule has 122 valence electrons. The molecule has 0 unspecified atom stereocenters. The van der Waals surface area contributed by atoms with Crippen molar-refractivity contribution in [3.8, 4) is 34.1 Å². The summed E-state index contributed by atoms with van der Waals surface area (Å²) in [7, 11) is 3.22. The summed E-state index contributed by atoms with van der Waals surface area (Å²) in [4.78, 5) is 16.0. The largest absolute Gasteiger partial charge is 0.497 e. The second kappa shape index (κ2) is 6.58. The molecule has 0 aliphatic carbocycles. The quantitative estimate of drug-likeness (QED) is 0.658. The van der Waals surface area contributed by atoms with Crippen LogP contribution in [0.3, 0.4) is 0 Å². The molecule has 1 aromatic heterocycles. The summed E-state index contributed by atoms with van der Waals surface area (Å²) in [5.41, 5.74) is 2.28. The van der Waals surface area contributed by atoms with Crippen molar-refractivity contribution in [1.29, 1.82) is 0 Å². The maximum Gasteiger partial charge on any atom is 0.263 e. The second-order valence-corrected chi connectivity index (χ2v) is 5.21. The molecule has 24 heavy (non-hydrogen) atoms. The Morgan fingerprint density at radius 3 is 1.83 bits per heavy atom. The molecule has 0 saturated heterocycles. The van der Waals surface area contributed by atoms with Gasteiger partial charge in [-0.3, -0.25) is 4.79 Å². The van der Waals surface area contributed by atoms with Crippen LogP contribution in [0.25, 0.3) is 22.6 Å². The molecule has 0 aliphatic heterocycles. The van der Waals surface area contributed by atoms with E-state index in [0.29, 0.717) is 11.5 Å². The summed E-state index contributed by atoms with van der Waals surface area (Å²) >= 11 is 0. The molecule has 0 radical (unpaired) electrons. The Balaban J connectivity index is 2.10. The first-order valence-electron chi connectivity index (χ1n) is 7.43. The monoisotopic (exact) mass is 323 g/mol. The van der Waals surface area contributed by atoms with Gasteiger partial charge < -0.3 is 13.9 Å². The maximum atomic E-state index is 11.7. The van der Waals surface area contributed by atoms with Crippen LogP contribution in [0.15, 0.2) is 52.9 Å². The highest BCUT2D eigenvalue weighted by molar-refractivity contribution is 5.91. The topological polar surface area (TPSA) is 61.6 Å². The summed E-state index contributed by atoms with van der Waals surface area (Å²) in [6.07, 6.45) is 0. The predicted molar refractivity (Wildman–Crippen MR) is 90.5 cm³/mol. The van der Waals surface area contributed by atoms with Crippen molar-refractivity contribution in [2.45, 2.75) is 6.92 Å². The van der Waals surface area contributed by atoms with Gasteiger partial charge in [-0.2, -0.15) is 0 Å². The van der Waals surface area contributed by atoms with Crippen LogP contribution in [0.2, 0.25) is 0 Å². The van der Waals surface area contributed by atoms with E-state index in [1.165, 1.54) is 6.92 Å². The van der Waals surface area contributed by atoms with E-state index >= 15 is 0 Å². The van der Waals surface area contributed by atoms with Gasteiger partial charge in [0.25, 0.3) is 5.89 Å². The molecule has 0 spiro atoms. The fourth-order valence-electron chi connectivity index (χ4n) is 2.35. The summed E-state index contributed by atoms with van der Waals surface area (Å²) in [5, 5.41) is 0. The number of Topliss-reactive ketones (excluding diaryl/α,β-unsaturated/α-hetero) is 1. The van der Waals surface area contributed by atoms with Gasteiger partial charge in [-0.25, -0.2) is 4.98 Å². The van der Waals surface area contributed by atoms with Gasteiger partial charge in [0.05, 0.1) is 14.2 Å². The lowest BCUT2D eigenvalue weighted by Gasteiger charge is -2.04. The van der Waals surface area contributed by atoms with Gasteiger partial charge in [0, 0.05) is 18.1 Å². The fraction of sp³-hybridized carbons (Fsp3) is 0.158. The molecule has 0 N–H and O–H groups in total. The van der Waals surface area contributed by atoms with Crippen molar-refractivity contribution < 1.29 is 18.7 Å². The number of nitrogens with zero attached hydrogens (tertiary/aromatic N) is 1. The van der Waals surface area contributed by atoms with Gasteiger partial charge in [-0.05, 0) is 48.5 Å². The number of carbonyl (C=O) groups is 1. The zero-order chi connectivity index (χ0) is 17.1. The summed E-state index contributed by atoms with van der Waals surface area (Å²) < 4.78 is 16.1. The summed E-state index contributed by atoms with van der Waals surface area (Å²) in [5.74, 6) is 1.92. The van der Waals surface area contributed by atoms with Crippen LogP contribution in [0.1, 0.15) is 17.6 Å². The van der Waals surface area contributed by atoms with Crippen LogP contribution in [-0.2, 0) is 0 Å². The minimum absolute atomic E-state index is 0.0895. The number of rotatable bonds is 5. The number of methoxy groups -OCH3 is 2. The van der Waals surface area contributed by atoms with Crippen molar-refractivity contribution >= 4 is 5.78 Å². The highest BCUT2D eigenvalue weighted by atomic mass is 16.5. The molecule has 0 aliphatic rings. The van der Waals surface area contributed by atoms with Gasteiger partial charge in [0.2, 0.25) is 5.78 Å². The molecule has 5 nitrogen and oxygen atoms in total. The molecule has 2 aromatic carbocycles. The number of ether oxygens (including phenoxy) is 2. The van der Waals surface area contributed by atoms with Crippen LogP contribution >= 0.6 is 0 Å². The highest BCUT2D eigenvalue weighted by Gasteiger charge is 2.19. The zero-order valence-electron chi connectivity index (χ0n) is 13.7. The van der Waals surface area contributed by atoms with E-state index in [1.54, 1.807) is 14.2 Å². The van der Waals surface area contributed by atoms with E-state index in [1.807, 2.05) is 48.5 Å². The first kappa shape index (κ1) is 15.8. The lowest BCUT2D eigenvalue weighted by molar-refractivity contribution is 0.0981. The molecule has 3 aromatic rings. The van der Waals surface area contributed by atoms with Gasteiger partial charge in [0.1, 0.15) is 17.2 Å². The minimum Gasteiger partial charge on any atom is -0.497 e. The number of oxazole rings is 1. The van der Waals surface area contributed by atoms with E-state index < -0.39 is 0 Å². The van der Waals surface area contributed by atoms with Crippen LogP contribution in [-0.4, -0.2) is 25.0 Å². The second-order valence-electron chi connectivity index (χ2n) is 5.21. The summed E-state index contributed by atoms with van der Waals surface area (Å²) in [6, 6.07) is 14.9. The number of carbonyl (C=O) groups excluding carboxylic acids is 1. The maximum absolute atomic E-state index is 11.7. The molecule has 0 fully saturated rings. The number of hydrogen-bond donors (Lipinski definition) is 0. The molecular formula is C19H17NO4. The average molecular weight is 323 g/mol. The van der Waals surface area contributed by atoms with Crippen molar-refractivity contribution in [3.05, 3.63) is 54.4 Å². The molecule has 3 rings (SSSR count). The van der Waals surface area contributed by atoms with E-state index in [4.69, 9.17) is 13.9 Å². The van der Waals surface area contributed by atoms with Crippen LogP contribution in [0.4, 0.5) is 0 Å². The Hall–Kier alpha value is -3.08. The molecule has 0 saturated carbocycles. The van der Waals surface area contributed by atoms with Crippen molar-refractivity contribution in [2.75, 3.05) is 14.2 Å². The smallest absolute Gasteiger partial charge is 0.263 e. The van der Waals surface area contributed by atoms with E-state index in [0.717, 1.165) is 22.6 Å². The Labute approximate surface area is 139 Å². The average Bonchev–Trinajstić information content (AvgIpc) is 3.07. The first-order valence-corrected chi connectivity index (χ1v) is 7.43. The van der Waals surface area contributed by atoms with Crippen LogP contribution < -0.4 is 9.47 Å². The number of aromatic nitrogens is 1. The lowest BCUT2D eigenvalue weighted by atomic mass is 10.1. The van der Waals surface area contributed by atoms with Gasteiger partial charge >= 0.3 is 0 Å². The zero-order valence-corrected chi connectivity index (χ0v) is 13.7. The van der Waals surface area contributed by atoms with Gasteiger partial charge in [0.15, 0.2) is 5.76 Å². The molecule has 5 heteroatoms. The first-order chi connectivity index (χ1) is 11.6.